The SMILES string of the molecule is C=C(CC)N(/N=C\CC)C1CCOC1. The van der Waals surface area contributed by atoms with Crippen molar-refractivity contribution in [3.63, 3.8) is 0 Å². The number of rotatable bonds is 5. The van der Waals surface area contributed by atoms with Crippen LogP contribution in [0.25, 0.3) is 0 Å². The third kappa shape index (κ3) is 2.84. The molecule has 0 aromatic carbocycles. The van der Waals surface area contributed by atoms with Crippen molar-refractivity contribution in [3.05, 3.63) is 12.3 Å². The Bertz CT molecular complexity index is 207. The molecule has 1 unspecified atom stereocenters. The van der Waals surface area contributed by atoms with Crippen LogP contribution in [0.15, 0.2) is 17.4 Å². The van der Waals surface area contributed by atoms with Gasteiger partial charge in [-0.25, -0.2) is 0 Å². The average molecular weight is 196 g/mol. The van der Waals surface area contributed by atoms with Gasteiger partial charge in [0.25, 0.3) is 0 Å². The minimum absolute atomic E-state index is 0.394. The average Bonchev–Trinajstić information content (AvgIpc) is 2.71. The summed E-state index contributed by atoms with van der Waals surface area (Å²) >= 11 is 0. The van der Waals surface area contributed by atoms with Gasteiger partial charge < -0.3 is 4.74 Å². The van der Waals surface area contributed by atoms with E-state index >= 15 is 0 Å². The van der Waals surface area contributed by atoms with Crippen LogP contribution in [-0.4, -0.2) is 30.5 Å². The molecule has 0 bridgehead atoms. The maximum atomic E-state index is 5.36. The molecule has 14 heavy (non-hydrogen) atoms. The normalized spacial score (nSPS) is 21.7. The molecule has 0 spiro atoms. The quantitative estimate of drug-likeness (QED) is 0.498. The summed E-state index contributed by atoms with van der Waals surface area (Å²) in [6.07, 6.45) is 4.89. The van der Waals surface area contributed by atoms with Gasteiger partial charge in [-0.15, -0.1) is 0 Å². The second-order valence-electron chi connectivity index (χ2n) is 3.49. The van der Waals surface area contributed by atoms with Crippen LogP contribution < -0.4 is 0 Å². The van der Waals surface area contributed by atoms with Crippen molar-refractivity contribution in [2.75, 3.05) is 13.2 Å². The van der Waals surface area contributed by atoms with Crippen LogP contribution in [0, 0.1) is 0 Å². The molecule has 1 aliphatic heterocycles. The molecule has 1 atom stereocenters. The Morgan fingerprint density at radius 2 is 2.43 bits per heavy atom. The zero-order valence-electron chi connectivity index (χ0n) is 9.20. The lowest BCUT2D eigenvalue weighted by Crippen LogP contribution is -2.30. The smallest absolute Gasteiger partial charge is 0.0777 e. The van der Waals surface area contributed by atoms with E-state index in [1.54, 1.807) is 0 Å². The molecule has 0 aromatic rings. The zero-order valence-corrected chi connectivity index (χ0v) is 9.20. The summed E-state index contributed by atoms with van der Waals surface area (Å²) in [6, 6.07) is 0.394. The molecule has 1 fully saturated rings. The Morgan fingerprint density at radius 1 is 1.64 bits per heavy atom. The molecule has 0 N–H and O–H groups in total. The summed E-state index contributed by atoms with van der Waals surface area (Å²) in [5.74, 6) is 0. The van der Waals surface area contributed by atoms with Crippen LogP contribution >= 0.6 is 0 Å². The first-order valence-corrected chi connectivity index (χ1v) is 5.36. The minimum Gasteiger partial charge on any atom is -0.379 e. The third-order valence-corrected chi connectivity index (χ3v) is 2.37. The van der Waals surface area contributed by atoms with Gasteiger partial charge in [0.05, 0.1) is 12.6 Å². The number of allylic oxidation sites excluding steroid dienone is 1. The van der Waals surface area contributed by atoms with E-state index in [1.165, 1.54) is 0 Å². The number of nitrogens with zero attached hydrogens (tertiary/aromatic N) is 2. The van der Waals surface area contributed by atoms with Crippen molar-refractivity contribution in [3.8, 4) is 0 Å². The number of hydrazone groups is 1. The highest BCUT2D eigenvalue weighted by atomic mass is 16.5. The summed E-state index contributed by atoms with van der Waals surface area (Å²) < 4.78 is 5.36. The Morgan fingerprint density at radius 3 is 2.93 bits per heavy atom. The van der Waals surface area contributed by atoms with Gasteiger partial charge in [-0.3, -0.25) is 5.01 Å². The van der Waals surface area contributed by atoms with E-state index in [0.717, 1.165) is 38.2 Å². The maximum Gasteiger partial charge on any atom is 0.0777 e. The second-order valence-corrected chi connectivity index (χ2v) is 3.49. The monoisotopic (exact) mass is 196 g/mol. The highest BCUT2D eigenvalue weighted by molar-refractivity contribution is 5.56. The fourth-order valence-corrected chi connectivity index (χ4v) is 1.48. The van der Waals surface area contributed by atoms with Gasteiger partial charge in [0, 0.05) is 18.5 Å². The first-order valence-electron chi connectivity index (χ1n) is 5.36. The molecule has 1 heterocycles. The van der Waals surface area contributed by atoms with Crippen molar-refractivity contribution in [2.24, 2.45) is 5.10 Å². The number of ether oxygens (including phenoxy) is 1. The van der Waals surface area contributed by atoms with E-state index in [0.29, 0.717) is 6.04 Å². The highest BCUT2D eigenvalue weighted by Crippen LogP contribution is 2.18. The van der Waals surface area contributed by atoms with Crippen molar-refractivity contribution >= 4 is 6.21 Å². The molecule has 3 heteroatoms. The fourth-order valence-electron chi connectivity index (χ4n) is 1.48. The van der Waals surface area contributed by atoms with Crippen LogP contribution in [0.2, 0.25) is 0 Å². The molecule has 80 valence electrons. The van der Waals surface area contributed by atoms with Crippen molar-refractivity contribution in [1.82, 2.24) is 5.01 Å². The first kappa shape index (κ1) is 11.2. The Hall–Kier alpha value is -0.830. The fraction of sp³-hybridized carbons (Fsp3) is 0.727. The van der Waals surface area contributed by atoms with Gasteiger partial charge in [-0.1, -0.05) is 20.4 Å². The summed E-state index contributed by atoms with van der Waals surface area (Å²) in [6.45, 7) is 9.84. The van der Waals surface area contributed by atoms with Crippen LogP contribution in [0.5, 0.6) is 0 Å². The number of hydrogen-bond acceptors (Lipinski definition) is 3. The van der Waals surface area contributed by atoms with E-state index in [4.69, 9.17) is 4.74 Å². The molecule has 0 radical (unpaired) electrons. The molecular formula is C11H20N2O. The number of hydrogen-bond donors (Lipinski definition) is 0. The Kier molecular flexibility index (Phi) is 4.66. The predicted octanol–water partition coefficient (Wildman–Crippen LogP) is 2.40. The third-order valence-electron chi connectivity index (χ3n) is 2.37. The standard InChI is InChI=1S/C11H20N2O/c1-4-7-12-13(10(3)5-2)11-6-8-14-9-11/h7,11H,3-6,8-9H2,1-2H3/b12-7-. The van der Waals surface area contributed by atoms with E-state index in [2.05, 4.69) is 25.5 Å². The van der Waals surface area contributed by atoms with Crippen LogP contribution in [-0.2, 0) is 4.74 Å². The van der Waals surface area contributed by atoms with Crippen LogP contribution in [0.3, 0.4) is 0 Å². The van der Waals surface area contributed by atoms with Gasteiger partial charge in [0.2, 0.25) is 0 Å². The summed E-state index contributed by atoms with van der Waals surface area (Å²) in [5.41, 5.74) is 1.07. The topological polar surface area (TPSA) is 24.8 Å². The Labute approximate surface area is 86.4 Å². The molecule has 1 aliphatic rings. The van der Waals surface area contributed by atoms with Gasteiger partial charge in [0.15, 0.2) is 0 Å². The van der Waals surface area contributed by atoms with Gasteiger partial charge in [-0.05, 0) is 19.3 Å². The second kappa shape index (κ2) is 5.81. The Balaban J connectivity index is 2.59. The van der Waals surface area contributed by atoms with Crippen molar-refractivity contribution < 1.29 is 4.74 Å². The lowest BCUT2D eigenvalue weighted by molar-refractivity contribution is 0.163. The highest BCUT2D eigenvalue weighted by Gasteiger charge is 2.23. The van der Waals surface area contributed by atoms with Crippen LogP contribution in [0.4, 0.5) is 0 Å². The van der Waals surface area contributed by atoms with E-state index < -0.39 is 0 Å². The molecule has 0 amide bonds. The molecule has 1 saturated heterocycles. The molecule has 3 nitrogen and oxygen atoms in total. The van der Waals surface area contributed by atoms with Gasteiger partial charge >= 0.3 is 0 Å². The van der Waals surface area contributed by atoms with Crippen LogP contribution in [0.1, 0.15) is 33.1 Å². The lowest BCUT2D eigenvalue weighted by Gasteiger charge is -2.26. The van der Waals surface area contributed by atoms with Crippen molar-refractivity contribution in [2.45, 2.75) is 39.2 Å². The van der Waals surface area contributed by atoms with Crippen molar-refractivity contribution in [1.29, 1.82) is 0 Å². The van der Waals surface area contributed by atoms with Gasteiger partial charge in [0.1, 0.15) is 0 Å². The predicted molar refractivity (Wildman–Crippen MR) is 59.3 cm³/mol. The molecule has 0 aliphatic carbocycles. The van der Waals surface area contributed by atoms with Gasteiger partial charge in [-0.2, -0.15) is 5.10 Å². The molecule has 1 rings (SSSR count). The van der Waals surface area contributed by atoms with E-state index in [1.807, 2.05) is 11.2 Å². The lowest BCUT2D eigenvalue weighted by atomic mass is 10.2. The summed E-state index contributed by atoms with van der Waals surface area (Å²) in [7, 11) is 0. The minimum atomic E-state index is 0.394. The zero-order chi connectivity index (χ0) is 10.4. The summed E-state index contributed by atoms with van der Waals surface area (Å²) in [4.78, 5) is 0. The summed E-state index contributed by atoms with van der Waals surface area (Å²) in [5, 5.41) is 6.45. The molecule has 0 aromatic heterocycles. The van der Waals surface area contributed by atoms with E-state index in [9.17, 15) is 0 Å². The maximum absolute atomic E-state index is 5.36. The largest absolute Gasteiger partial charge is 0.379 e. The van der Waals surface area contributed by atoms with E-state index in [-0.39, 0.29) is 0 Å². The first-order chi connectivity index (χ1) is 6.79. The molecular weight excluding hydrogens is 176 g/mol. The molecule has 0 saturated carbocycles.